The van der Waals surface area contributed by atoms with E-state index in [1.54, 1.807) is 18.3 Å². The lowest BCUT2D eigenvalue weighted by Gasteiger charge is -2.26. The quantitative estimate of drug-likeness (QED) is 0.127. The molecule has 0 aliphatic carbocycles. The summed E-state index contributed by atoms with van der Waals surface area (Å²) in [6.07, 6.45) is 3.53. The molecule has 0 fully saturated rings. The molecule has 0 aliphatic heterocycles. The van der Waals surface area contributed by atoms with Gasteiger partial charge in [-0.15, -0.1) is 0 Å². The number of pyridine rings is 2. The smallest absolute Gasteiger partial charge is 0.211 e. The van der Waals surface area contributed by atoms with Gasteiger partial charge in [0, 0.05) is 35.7 Å². The highest BCUT2D eigenvalue weighted by atomic mass is 28.3. The zero-order valence-electron chi connectivity index (χ0n) is 32.0. The third kappa shape index (κ3) is 7.10. The minimum absolute atomic E-state index is 0.0267. The van der Waals surface area contributed by atoms with Crippen LogP contribution in [0.5, 0.6) is 0 Å². The molecule has 0 aliphatic rings. The predicted octanol–water partition coefficient (Wildman–Crippen LogP) is 10.5. The van der Waals surface area contributed by atoms with E-state index in [9.17, 15) is 9.59 Å². The number of H-pyrrole nitrogens is 1. The van der Waals surface area contributed by atoms with Crippen molar-refractivity contribution in [2.45, 2.75) is 84.4 Å². The van der Waals surface area contributed by atoms with Crippen molar-refractivity contribution in [3.63, 3.8) is 0 Å². The first-order chi connectivity index (χ1) is 25.8. The fraction of sp³-hybridized carbons (Fsp3) is 0.289. The Kier molecular flexibility index (Phi) is 11.7. The van der Waals surface area contributed by atoms with Crippen molar-refractivity contribution < 1.29 is 8.83 Å². The molecule has 7 rings (SSSR count). The third-order valence-electron chi connectivity index (χ3n) is 11.8. The molecule has 0 unspecified atom stereocenters. The van der Waals surface area contributed by atoms with E-state index in [4.69, 9.17) is 8.83 Å². The Balaban J connectivity index is 0.000000188. The molecule has 0 saturated carbocycles. The number of nitrogens with zero attached hydrogens (tertiary/aromatic N) is 1. The summed E-state index contributed by atoms with van der Waals surface area (Å²) < 4.78 is 15.1. The second-order valence-corrected chi connectivity index (χ2v) is 24.3. The summed E-state index contributed by atoms with van der Waals surface area (Å²) in [5, 5.41) is 3.58. The molecule has 3 aromatic carbocycles. The SMILES string of the molecule is CC[Si](CC)(CC)c1oc2[nH]ccc(=O)c2c1-c1ccccc1.CC[Si](CC)(CC)c1oc2c(c1-c1ccccc1)c(=O)ccn2Cc1ccccc1. The number of hydrogen-bond acceptors (Lipinski definition) is 4. The Morgan fingerprint density at radius 2 is 1.00 bits per heavy atom. The lowest BCUT2D eigenvalue weighted by atomic mass is 10.1. The Hall–Kier alpha value is -4.93. The number of nitrogens with one attached hydrogen (secondary N) is 1. The average molecular weight is 741 g/mol. The molecule has 0 bridgehead atoms. The van der Waals surface area contributed by atoms with Crippen LogP contribution < -0.4 is 21.6 Å². The molecule has 0 saturated heterocycles. The molecule has 1 N–H and O–H groups in total. The standard InChI is InChI=1S/C26H29NO2Si.C19H23NO2Si/c1-4-30(5-2,6-3)26-23(21-15-11-8-12-16-21)24-22(28)17-18-27(25(24)29-26)19-20-13-9-7-10-14-20;1-4-23(5-2,6-3)19-16(14-10-8-7-9-11-14)17-15(21)12-13-20-18(17)22-19/h7-18H,4-6,19H2,1-3H3;7-13H,4-6H2,1-3H3,(H,20,21). The summed E-state index contributed by atoms with van der Waals surface area (Å²) in [7, 11) is -3.61. The van der Waals surface area contributed by atoms with E-state index in [-0.39, 0.29) is 10.9 Å². The van der Waals surface area contributed by atoms with E-state index < -0.39 is 16.1 Å². The molecular formula is C45H52N2O4Si2. The Morgan fingerprint density at radius 1 is 0.547 bits per heavy atom. The van der Waals surface area contributed by atoms with Crippen molar-refractivity contribution in [3.05, 3.63) is 142 Å². The highest BCUT2D eigenvalue weighted by Crippen LogP contribution is 2.34. The number of fused-ring (bicyclic) bond motifs is 2. The van der Waals surface area contributed by atoms with Gasteiger partial charge in [-0.2, -0.15) is 0 Å². The van der Waals surface area contributed by atoms with Crippen LogP contribution in [0.4, 0.5) is 0 Å². The lowest BCUT2D eigenvalue weighted by molar-refractivity contribution is 0.596. The minimum Gasteiger partial charge on any atom is -0.449 e. The fourth-order valence-electron chi connectivity index (χ4n) is 8.08. The first-order valence-electron chi connectivity index (χ1n) is 19.3. The van der Waals surface area contributed by atoms with Crippen LogP contribution in [0.15, 0.2) is 134 Å². The number of aromatic nitrogens is 2. The Morgan fingerprint density at radius 3 is 1.51 bits per heavy atom. The Bertz CT molecular complexity index is 2370. The fourth-order valence-corrected chi connectivity index (χ4v) is 15.2. The minimum atomic E-state index is -1.86. The van der Waals surface area contributed by atoms with Crippen LogP contribution in [0.25, 0.3) is 44.5 Å². The van der Waals surface area contributed by atoms with Gasteiger partial charge in [0.1, 0.15) is 16.1 Å². The summed E-state index contributed by atoms with van der Waals surface area (Å²) >= 11 is 0. The first kappa shape index (κ1) is 37.8. The summed E-state index contributed by atoms with van der Waals surface area (Å²) in [5.41, 5.74) is 6.75. The molecule has 53 heavy (non-hydrogen) atoms. The monoisotopic (exact) mass is 740 g/mol. The maximum absolute atomic E-state index is 13.1. The van der Waals surface area contributed by atoms with Crippen molar-refractivity contribution in [1.29, 1.82) is 0 Å². The van der Waals surface area contributed by atoms with Gasteiger partial charge in [0.25, 0.3) is 0 Å². The molecule has 4 heterocycles. The molecular weight excluding hydrogens is 689 g/mol. The number of hydrogen-bond donors (Lipinski definition) is 1. The van der Waals surface area contributed by atoms with Crippen LogP contribution in [0.1, 0.15) is 47.1 Å². The van der Waals surface area contributed by atoms with Crippen LogP contribution in [0.2, 0.25) is 36.3 Å². The molecule has 0 spiro atoms. The van der Waals surface area contributed by atoms with Crippen LogP contribution in [0.3, 0.4) is 0 Å². The van der Waals surface area contributed by atoms with Gasteiger partial charge in [-0.1, -0.05) is 169 Å². The van der Waals surface area contributed by atoms with Crippen molar-refractivity contribution in [2.75, 3.05) is 0 Å². The molecule has 8 heteroatoms. The lowest BCUT2D eigenvalue weighted by Crippen LogP contribution is -2.46. The molecule has 7 aromatic rings. The van der Waals surface area contributed by atoms with Gasteiger partial charge in [0.05, 0.1) is 28.1 Å². The second-order valence-electron chi connectivity index (χ2n) is 14.0. The van der Waals surface area contributed by atoms with Gasteiger partial charge >= 0.3 is 0 Å². The predicted molar refractivity (Wildman–Crippen MR) is 227 cm³/mol. The van der Waals surface area contributed by atoms with E-state index in [1.807, 2.05) is 60.8 Å². The zero-order valence-corrected chi connectivity index (χ0v) is 34.0. The maximum atomic E-state index is 13.1. The van der Waals surface area contributed by atoms with Crippen LogP contribution in [-0.2, 0) is 6.54 Å². The van der Waals surface area contributed by atoms with Gasteiger partial charge in [0.15, 0.2) is 10.9 Å². The highest BCUT2D eigenvalue weighted by Gasteiger charge is 2.39. The highest BCUT2D eigenvalue weighted by molar-refractivity contribution is 6.92. The second kappa shape index (κ2) is 16.4. The molecule has 6 nitrogen and oxygen atoms in total. The summed E-state index contributed by atoms with van der Waals surface area (Å²) in [4.78, 5) is 28.8. The topological polar surface area (TPSA) is 81.1 Å². The van der Waals surface area contributed by atoms with Gasteiger partial charge in [0.2, 0.25) is 11.4 Å². The van der Waals surface area contributed by atoms with Gasteiger partial charge in [-0.05, 0) is 16.7 Å². The molecule has 0 amide bonds. The van der Waals surface area contributed by atoms with Gasteiger partial charge in [-0.3, -0.25) is 9.59 Å². The molecule has 274 valence electrons. The van der Waals surface area contributed by atoms with Crippen molar-refractivity contribution in [3.8, 4) is 22.3 Å². The van der Waals surface area contributed by atoms with Crippen molar-refractivity contribution >= 4 is 49.1 Å². The van der Waals surface area contributed by atoms with Crippen LogP contribution in [-0.4, -0.2) is 25.7 Å². The molecule has 0 atom stereocenters. The average Bonchev–Trinajstić information content (AvgIpc) is 3.82. The van der Waals surface area contributed by atoms with Crippen LogP contribution >= 0.6 is 0 Å². The number of rotatable bonds is 12. The maximum Gasteiger partial charge on any atom is 0.211 e. The third-order valence-corrected chi connectivity index (χ3v) is 22.5. The molecule has 0 radical (unpaired) electrons. The van der Waals surface area contributed by atoms with Crippen molar-refractivity contribution in [2.24, 2.45) is 0 Å². The summed E-state index contributed by atoms with van der Waals surface area (Å²) in [5.74, 6) is 0. The van der Waals surface area contributed by atoms with E-state index in [1.165, 1.54) is 5.56 Å². The van der Waals surface area contributed by atoms with E-state index in [0.717, 1.165) is 74.7 Å². The van der Waals surface area contributed by atoms with Gasteiger partial charge < -0.3 is 18.4 Å². The van der Waals surface area contributed by atoms with Crippen molar-refractivity contribution in [1.82, 2.24) is 9.55 Å². The van der Waals surface area contributed by atoms with E-state index >= 15 is 0 Å². The number of furan rings is 2. The largest absolute Gasteiger partial charge is 0.449 e. The Labute approximate surface area is 314 Å². The van der Waals surface area contributed by atoms with Gasteiger partial charge in [-0.25, -0.2) is 0 Å². The van der Waals surface area contributed by atoms with Crippen LogP contribution in [0, 0.1) is 0 Å². The zero-order chi connectivity index (χ0) is 37.6. The van der Waals surface area contributed by atoms with E-state index in [0.29, 0.717) is 23.4 Å². The summed E-state index contributed by atoms with van der Waals surface area (Å²) in [6.45, 7) is 14.3. The van der Waals surface area contributed by atoms with E-state index in [2.05, 4.69) is 87.5 Å². The first-order valence-corrected chi connectivity index (χ1v) is 24.5. The number of benzene rings is 3. The summed E-state index contributed by atoms with van der Waals surface area (Å²) in [6, 6.07) is 40.7. The normalized spacial score (nSPS) is 11.9. The number of aromatic amines is 1. The molecule has 4 aromatic heterocycles.